The molecule has 2 heterocycles. The molecule has 7 heteroatoms. The zero-order chi connectivity index (χ0) is 20.8. The molecule has 0 unspecified atom stereocenters. The van der Waals surface area contributed by atoms with Crippen molar-refractivity contribution in [3.63, 3.8) is 0 Å². The van der Waals surface area contributed by atoms with E-state index in [0.717, 1.165) is 61.1 Å². The Hall–Kier alpha value is -3.06. The van der Waals surface area contributed by atoms with E-state index in [-0.39, 0.29) is 5.91 Å². The van der Waals surface area contributed by atoms with Crippen molar-refractivity contribution in [1.29, 1.82) is 0 Å². The monoisotopic (exact) mass is 408 g/mol. The molecule has 1 aliphatic heterocycles. The van der Waals surface area contributed by atoms with Crippen LogP contribution in [0, 0.1) is 0 Å². The number of methoxy groups -OCH3 is 1. The molecule has 0 saturated carbocycles. The molecule has 0 atom stereocenters. The van der Waals surface area contributed by atoms with Crippen LogP contribution in [0.4, 0.5) is 0 Å². The fourth-order valence-electron chi connectivity index (χ4n) is 3.69. The second-order valence-corrected chi connectivity index (χ2v) is 7.45. The molecule has 1 saturated heterocycles. The van der Waals surface area contributed by atoms with Gasteiger partial charge in [0.15, 0.2) is 0 Å². The second-order valence-electron chi connectivity index (χ2n) is 7.45. The summed E-state index contributed by atoms with van der Waals surface area (Å²) in [6, 6.07) is 15.6. The molecule has 0 spiro atoms. The van der Waals surface area contributed by atoms with Crippen LogP contribution >= 0.6 is 0 Å². The van der Waals surface area contributed by atoms with Gasteiger partial charge in [0.25, 0.3) is 0 Å². The number of fused-ring (bicyclic) bond motifs is 1. The van der Waals surface area contributed by atoms with Crippen LogP contribution in [0.15, 0.2) is 48.5 Å². The lowest BCUT2D eigenvalue weighted by molar-refractivity contribution is -0.132. The number of para-hydroxylation sites is 2. The van der Waals surface area contributed by atoms with Gasteiger partial charge in [0.05, 0.1) is 18.1 Å². The first kappa shape index (κ1) is 20.2. The summed E-state index contributed by atoms with van der Waals surface area (Å²) in [5.41, 5.74) is 1.97. The van der Waals surface area contributed by atoms with Crippen molar-refractivity contribution in [2.45, 2.75) is 12.8 Å². The molecule has 1 amide bonds. The van der Waals surface area contributed by atoms with E-state index in [9.17, 15) is 4.79 Å². The van der Waals surface area contributed by atoms with Crippen LogP contribution in [0.3, 0.4) is 0 Å². The van der Waals surface area contributed by atoms with E-state index in [1.165, 1.54) is 0 Å². The lowest BCUT2D eigenvalue weighted by Gasteiger charge is -2.34. The molecule has 0 aliphatic carbocycles. The van der Waals surface area contributed by atoms with Gasteiger partial charge in [-0.3, -0.25) is 9.69 Å². The normalized spacial score (nSPS) is 14.8. The number of H-pyrrole nitrogens is 1. The van der Waals surface area contributed by atoms with E-state index >= 15 is 0 Å². The van der Waals surface area contributed by atoms with Crippen LogP contribution in [0.5, 0.6) is 11.5 Å². The largest absolute Gasteiger partial charge is 0.497 e. The zero-order valence-corrected chi connectivity index (χ0v) is 17.3. The molecule has 1 aliphatic rings. The van der Waals surface area contributed by atoms with E-state index in [0.29, 0.717) is 19.4 Å². The van der Waals surface area contributed by atoms with Crippen molar-refractivity contribution < 1.29 is 14.3 Å². The summed E-state index contributed by atoms with van der Waals surface area (Å²) >= 11 is 0. The molecule has 30 heavy (non-hydrogen) atoms. The number of amides is 1. The Morgan fingerprint density at radius 1 is 1.03 bits per heavy atom. The molecule has 158 valence electrons. The first-order chi connectivity index (χ1) is 14.7. The van der Waals surface area contributed by atoms with Gasteiger partial charge < -0.3 is 19.4 Å². The molecular formula is C23H28N4O3. The number of ether oxygens (including phenoxy) is 2. The molecule has 0 bridgehead atoms. The lowest BCUT2D eigenvalue weighted by Crippen LogP contribution is -2.49. The maximum atomic E-state index is 12.6. The van der Waals surface area contributed by atoms with Gasteiger partial charge in [-0.05, 0) is 36.4 Å². The summed E-state index contributed by atoms with van der Waals surface area (Å²) in [5, 5.41) is 0. The molecular weight excluding hydrogens is 380 g/mol. The Labute approximate surface area is 176 Å². The van der Waals surface area contributed by atoms with Gasteiger partial charge in [-0.1, -0.05) is 12.1 Å². The number of rotatable bonds is 8. The molecule has 0 radical (unpaired) electrons. The van der Waals surface area contributed by atoms with Gasteiger partial charge in [0.1, 0.15) is 23.9 Å². The number of benzene rings is 2. The summed E-state index contributed by atoms with van der Waals surface area (Å²) < 4.78 is 11.0. The van der Waals surface area contributed by atoms with Gasteiger partial charge >= 0.3 is 0 Å². The summed E-state index contributed by atoms with van der Waals surface area (Å²) in [6.45, 7) is 4.77. The standard InChI is InChI=1S/C23H28N4O3/c1-29-18-6-8-19(9-7-18)30-17-16-26-12-14-27(15-13-26)23(28)11-10-22-24-20-4-2-3-5-21(20)25-22/h2-9H,10-17H2,1H3,(H,24,25). The Morgan fingerprint density at radius 2 is 1.77 bits per heavy atom. The number of hydrogen-bond acceptors (Lipinski definition) is 5. The van der Waals surface area contributed by atoms with Crippen molar-refractivity contribution in [2.75, 3.05) is 46.4 Å². The van der Waals surface area contributed by atoms with E-state index in [2.05, 4.69) is 14.9 Å². The number of hydrogen-bond donors (Lipinski definition) is 1. The van der Waals surface area contributed by atoms with Gasteiger partial charge in [-0.15, -0.1) is 0 Å². The fourth-order valence-corrected chi connectivity index (χ4v) is 3.69. The van der Waals surface area contributed by atoms with Gasteiger partial charge in [0, 0.05) is 45.6 Å². The molecule has 3 aromatic rings. The highest BCUT2D eigenvalue weighted by Gasteiger charge is 2.21. The topological polar surface area (TPSA) is 70.7 Å². The molecule has 1 fully saturated rings. The smallest absolute Gasteiger partial charge is 0.223 e. The number of carbonyl (C=O) groups is 1. The van der Waals surface area contributed by atoms with Crippen molar-refractivity contribution in [2.24, 2.45) is 0 Å². The Morgan fingerprint density at radius 3 is 2.50 bits per heavy atom. The Bertz CT molecular complexity index is 929. The minimum absolute atomic E-state index is 0.199. The van der Waals surface area contributed by atoms with E-state index in [4.69, 9.17) is 9.47 Å². The summed E-state index contributed by atoms with van der Waals surface area (Å²) in [5.74, 6) is 2.74. The summed E-state index contributed by atoms with van der Waals surface area (Å²) in [4.78, 5) is 24.7. The number of aryl methyl sites for hydroxylation is 1. The van der Waals surface area contributed by atoms with Crippen molar-refractivity contribution in [1.82, 2.24) is 19.8 Å². The SMILES string of the molecule is COc1ccc(OCCN2CCN(C(=O)CCc3nc4ccccc4[nH]3)CC2)cc1. The molecule has 1 aromatic heterocycles. The first-order valence-corrected chi connectivity index (χ1v) is 10.4. The number of aromatic nitrogens is 2. The zero-order valence-electron chi connectivity index (χ0n) is 17.3. The highest BCUT2D eigenvalue weighted by molar-refractivity contribution is 5.77. The number of carbonyl (C=O) groups excluding carboxylic acids is 1. The van der Waals surface area contributed by atoms with E-state index < -0.39 is 0 Å². The predicted octanol–water partition coefficient (Wildman–Crippen LogP) is 2.73. The number of piperazine rings is 1. The maximum Gasteiger partial charge on any atom is 0.223 e. The van der Waals surface area contributed by atoms with Gasteiger partial charge in [-0.2, -0.15) is 0 Å². The molecule has 1 N–H and O–H groups in total. The van der Waals surface area contributed by atoms with Crippen LogP contribution in [-0.4, -0.2) is 72.1 Å². The van der Waals surface area contributed by atoms with E-state index in [1.807, 2.05) is 53.4 Å². The van der Waals surface area contributed by atoms with Gasteiger partial charge in [-0.25, -0.2) is 4.98 Å². The second kappa shape index (κ2) is 9.63. The van der Waals surface area contributed by atoms with Crippen molar-refractivity contribution in [3.8, 4) is 11.5 Å². The number of nitrogens with zero attached hydrogens (tertiary/aromatic N) is 3. The third kappa shape index (κ3) is 5.10. The number of nitrogens with one attached hydrogen (secondary N) is 1. The number of imidazole rings is 1. The average Bonchev–Trinajstić information content (AvgIpc) is 3.21. The van der Waals surface area contributed by atoms with Crippen LogP contribution in [0.25, 0.3) is 11.0 Å². The fraction of sp³-hybridized carbons (Fsp3) is 0.391. The van der Waals surface area contributed by atoms with E-state index in [1.54, 1.807) is 7.11 Å². The minimum Gasteiger partial charge on any atom is -0.497 e. The minimum atomic E-state index is 0.199. The van der Waals surface area contributed by atoms with Crippen LogP contribution in [-0.2, 0) is 11.2 Å². The van der Waals surface area contributed by atoms with Gasteiger partial charge in [0.2, 0.25) is 5.91 Å². The maximum absolute atomic E-state index is 12.6. The van der Waals surface area contributed by atoms with Crippen molar-refractivity contribution >= 4 is 16.9 Å². The van der Waals surface area contributed by atoms with Crippen LogP contribution < -0.4 is 9.47 Å². The quantitative estimate of drug-likeness (QED) is 0.621. The third-order valence-corrected chi connectivity index (χ3v) is 5.47. The molecule has 4 rings (SSSR count). The number of aromatic amines is 1. The third-order valence-electron chi connectivity index (χ3n) is 5.47. The molecule has 2 aromatic carbocycles. The summed E-state index contributed by atoms with van der Waals surface area (Å²) in [6.07, 6.45) is 1.13. The Kier molecular flexibility index (Phi) is 6.49. The average molecular weight is 409 g/mol. The highest BCUT2D eigenvalue weighted by Crippen LogP contribution is 2.17. The van der Waals surface area contributed by atoms with Crippen LogP contribution in [0.2, 0.25) is 0 Å². The molecule has 7 nitrogen and oxygen atoms in total. The van der Waals surface area contributed by atoms with Crippen molar-refractivity contribution in [3.05, 3.63) is 54.4 Å². The first-order valence-electron chi connectivity index (χ1n) is 10.4. The highest BCUT2D eigenvalue weighted by atomic mass is 16.5. The Balaban J connectivity index is 1.16. The summed E-state index contributed by atoms with van der Waals surface area (Å²) in [7, 11) is 1.65. The van der Waals surface area contributed by atoms with Crippen LogP contribution in [0.1, 0.15) is 12.2 Å². The predicted molar refractivity (Wildman–Crippen MR) is 116 cm³/mol. The lowest BCUT2D eigenvalue weighted by atomic mass is 10.2.